The maximum Gasteiger partial charge on any atom is 0.338 e. The summed E-state index contributed by atoms with van der Waals surface area (Å²) in [4.78, 5) is 34.2. The van der Waals surface area contributed by atoms with Crippen molar-refractivity contribution in [3.8, 4) is 5.75 Å². The van der Waals surface area contributed by atoms with Gasteiger partial charge in [0.1, 0.15) is 11.6 Å². The Labute approximate surface area is 159 Å². The molecule has 0 aromatic heterocycles. The molecule has 0 aliphatic heterocycles. The van der Waals surface area contributed by atoms with Crippen LogP contribution in [0.15, 0.2) is 42.5 Å². The molecule has 2 rings (SSSR count). The number of halogens is 1. The molecular formula is C19H17FN2O6. The van der Waals surface area contributed by atoms with Crippen molar-refractivity contribution in [1.82, 2.24) is 5.32 Å². The van der Waals surface area contributed by atoms with Crippen LogP contribution in [0.3, 0.4) is 0 Å². The molecule has 0 aliphatic carbocycles. The van der Waals surface area contributed by atoms with Gasteiger partial charge >= 0.3 is 5.97 Å². The highest BCUT2D eigenvalue weighted by atomic mass is 19.1. The largest absolute Gasteiger partial charge is 0.497 e. The van der Waals surface area contributed by atoms with E-state index in [1.54, 1.807) is 31.4 Å². The number of hydrogen-bond acceptors (Lipinski definition) is 6. The Kier molecular flexibility index (Phi) is 6.80. The van der Waals surface area contributed by atoms with E-state index in [0.717, 1.165) is 30.9 Å². The van der Waals surface area contributed by atoms with Crippen molar-refractivity contribution in [2.75, 3.05) is 14.2 Å². The molecule has 2 aromatic carbocycles. The molecule has 2 aromatic rings. The van der Waals surface area contributed by atoms with Gasteiger partial charge in [-0.3, -0.25) is 14.9 Å². The molecule has 0 saturated heterocycles. The van der Waals surface area contributed by atoms with Gasteiger partial charge in [-0.05, 0) is 29.8 Å². The third-order valence-electron chi connectivity index (χ3n) is 3.75. The van der Waals surface area contributed by atoms with Crippen molar-refractivity contribution >= 4 is 23.6 Å². The van der Waals surface area contributed by atoms with Crippen LogP contribution in [0.1, 0.15) is 21.5 Å². The number of ether oxygens (including phenoxy) is 2. The quantitative estimate of drug-likeness (QED) is 0.338. The molecule has 0 bridgehead atoms. The zero-order valence-electron chi connectivity index (χ0n) is 15.1. The van der Waals surface area contributed by atoms with E-state index in [2.05, 4.69) is 10.1 Å². The second kappa shape index (κ2) is 9.26. The summed E-state index contributed by atoms with van der Waals surface area (Å²) in [5, 5.41) is 13.8. The summed E-state index contributed by atoms with van der Waals surface area (Å²) in [5.41, 5.74) is -0.420. The van der Waals surface area contributed by atoms with Crippen LogP contribution < -0.4 is 10.1 Å². The first kappa shape index (κ1) is 20.6. The third-order valence-corrected chi connectivity index (χ3v) is 3.75. The number of hydrogen-bond donors (Lipinski definition) is 1. The molecule has 146 valence electrons. The molecule has 0 atom stereocenters. The molecule has 0 saturated carbocycles. The van der Waals surface area contributed by atoms with Crippen molar-refractivity contribution < 1.29 is 28.4 Å². The average Bonchev–Trinajstić information content (AvgIpc) is 2.70. The first-order chi connectivity index (χ1) is 13.3. The number of rotatable bonds is 7. The SMILES string of the molecule is COC(=O)c1cc(F)cc([N+](=O)[O-])c1/C=C/C(=O)NCc1ccc(OC)cc1. The van der Waals surface area contributed by atoms with Crippen molar-refractivity contribution in [1.29, 1.82) is 0 Å². The van der Waals surface area contributed by atoms with Gasteiger partial charge in [0.2, 0.25) is 5.91 Å². The van der Waals surface area contributed by atoms with Gasteiger partial charge in [0.25, 0.3) is 5.69 Å². The van der Waals surface area contributed by atoms with E-state index in [4.69, 9.17) is 4.74 Å². The number of carbonyl (C=O) groups excluding carboxylic acids is 2. The monoisotopic (exact) mass is 388 g/mol. The lowest BCUT2D eigenvalue weighted by Crippen LogP contribution is -2.20. The predicted octanol–water partition coefficient (Wildman–Crippen LogP) is 2.86. The zero-order valence-corrected chi connectivity index (χ0v) is 15.1. The van der Waals surface area contributed by atoms with E-state index in [9.17, 15) is 24.1 Å². The fraction of sp³-hybridized carbons (Fsp3) is 0.158. The molecule has 0 fully saturated rings. The van der Waals surface area contributed by atoms with Gasteiger partial charge in [-0.25, -0.2) is 9.18 Å². The maximum absolute atomic E-state index is 13.6. The highest BCUT2D eigenvalue weighted by Crippen LogP contribution is 2.26. The Balaban J connectivity index is 2.20. The zero-order chi connectivity index (χ0) is 20.7. The Hall–Kier alpha value is -3.75. The molecule has 0 radical (unpaired) electrons. The second-order valence-electron chi connectivity index (χ2n) is 5.53. The summed E-state index contributed by atoms with van der Waals surface area (Å²) in [7, 11) is 2.60. The molecule has 8 nitrogen and oxygen atoms in total. The first-order valence-corrected chi connectivity index (χ1v) is 8.00. The molecular weight excluding hydrogens is 371 g/mol. The molecule has 1 amide bonds. The third kappa shape index (κ3) is 5.13. The minimum atomic E-state index is -0.965. The maximum atomic E-state index is 13.6. The number of amides is 1. The highest BCUT2D eigenvalue weighted by molar-refractivity contribution is 5.98. The molecule has 28 heavy (non-hydrogen) atoms. The smallest absolute Gasteiger partial charge is 0.338 e. The summed E-state index contributed by atoms with van der Waals surface area (Å²) < 4.78 is 23.2. The summed E-state index contributed by atoms with van der Waals surface area (Å²) in [6, 6.07) is 8.49. The Morgan fingerprint density at radius 2 is 1.89 bits per heavy atom. The van der Waals surface area contributed by atoms with Gasteiger partial charge in [-0.1, -0.05) is 12.1 Å². The first-order valence-electron chi connectivity index (χ1n) is 8.00. The van der Waals surface area contributed by atoms with E-state index in [-0.39, 0.29) is 17.7 Å². The number of carbonyl (C=O) groups is 2. The number of methoxy groups -OCH3 is 2. The number of benzene rings is 2. The van der Waals surface area contributed by atoms with E-state index in [1.807, 2.05) is 0 Å². The van der Waals surface area contributed by atoms with Crippen molar-refractivity contribution in [3.05, 3.63) is 75.1 Å². The standard InChI is InChI=1S/C19H17FN2O6/c1-27-14-5-3-12(4-6-14)11-21-18(23)8-7-15-16(19(24)28-2)9-13(20)10-17(15)22(25)26/h3-10H,11H2,1-2H3,(H,21,23)/b8-7+. The van der Waals surface area contributed by atoms with Gasteiger partial charge in [-0.15, -0.1) is 0 Å². The number of nitro benzene ring substituents is 1. The second-order valence-corrected chi connectivity index (χ2v) is 5.53. The van der Waals surface area contributed by atoms with Crippen LogP contribution in [0.4, 0.5) is 10.1 Å². The Morgan fingerprint density at radius 3 is 2.46 bits per heavy atom. The van der Waals surface area contributed by atoms with E-state index < -0.39 is 28.3 Å². The molecule has 0 spiro atoms. The number of nitrogens with one attached hydrogen (secondary N) is 1. The predicted molar refractivity (Wildman–Crippen MR) is 98.3 cm³/mol. The molecule has 1 N–H and O–H groups in total. The highest BCUT2D eigenvalue weighted by Gasteiger charge is 2.22. The molecule has 0 aliphatic rings. The number of nitro groups is 1. The van der Waals surface area contributed by atoms with Crippen LogP contribution in [0, 0.1) is 15.9 Å². The average molecular weight is 388 g/mol. The van der Waals surface area contributed by atoms with E-state index in [1.165, 1.54) is 0 Å². The number of nitrogens with zero attached hydrogens (tertiary/aromatic N) is 1. The summed E-state index contributed by atoms with van der Waals surface area (Å²) in [6.45, 7) is 0.211. The molecule has 0 heterocycles. The number of esters is 1. The fourth-order valence-corrected chi connectivity index (χ4v) is 2.36. The van der Waals surface area contributed by atoms with Crippen LogP contribution in [0.5, 0.6) is 5.75 Å². The lowest BCUT2D eigenvalue weighted by atomic mass is 10.0. The van der Waals surface area contributed by atoms with Gasteiger partial charge < -0.3 is 14.8 Å². The molecule has 9 heteroatoms. The van der Waals surface area contributed by atoms with Gasteiger partial charge in [0.05, 0.1) is 36.3 Å². The topological polar surface area (TPSA) is 108 Å². The minimum Gasteiger partial charge on any atom is -0.497 e. The normalized spacial score (nSPS) is 10.5. The fourth-order valence-electron chi connectivity index (χ4n) is 2.36. The summed E-state index contributed by atoms with van der Waals surface area (Å²) in [6.07, 6.45) is 2.10. The van der Waals surface area contributed by atoms with E-state index >= 15 is 0 Å². The Morgan fingerprint density at radius 1 is 1.21 bits per heavy atom. The van der Waals surface area contributed by atoms with Crippen LogP contribution in [0.2, 0.25) is 0 Å². The van der Waals surface area contributed by atoms with Crippen LogP contribution in [-0.4, -0.2) is 31.0 Å². The Bertz CT molecular complexity index is 925. The van der Waals surface area contributed by atoms with Gasteiger partial charge in [-0.2, -0.15) is 0 Å². The minimum absolute atomic E-state index is 0.211. The van der Waals surface area contributed by atoms with Gasteiger partial charge in [0.15, 0.2) is 0 Å². The summed E-state index contributed by atoms with van der Waals surface area (Å²) in [5.74, 6) is -1.80. The van der Waals surface area contributed by atoms with Crippen molar-refractivity contribution in [2.45, 2.75) is 6.54 Å². The van der Waals surface area contributed by atoms with Crippen LogP contribution >= 0.6 is 0 Å². The van der Waals surface area contributed by atoms with E-state index in [0.29, 0.717) is 11.8 Å². The van der Waals surface area contributed by atoms with Crippen molar-refractivity contribution in [3.63, 3.8) is 0 Å². The lowest BCUT2D eigenvalue weighted by molar-refractivity contribution is -0.385. The molecule has 0 unspecified atom stereocenters. The van der Waals surface area contributed by atoms with Crippen LogP contribution in [0.25, 0.3) is 6.08 Å². The lowest BCUT2D eigenvalue weighted by Gasteiger charge is -2.06. The van der Waals surface area contributed by atoms with Crippen LogP contribution in [-0.2, 0) is 16.1 Å². The van der Waals surface area contributed by atoms with Crippen molar-refractivity contribution in [2.24, 2.45) is 0 Å². The van der Waals surface area contributed by atoms with Gasteiger partial charge in [0, 0.05) is 12.6 Å². The summed E-state index contributed by atoms with van der Waals surface area (Å²) >= 11 is 0.